The lowest BCUT2D eigenvalue weighted by Crippen LogP contribution is -2.20. The molecule has 0 aliphatic rings. The third kappa shape index (κ3) is 2.79. The maximum Gasteiger partial charge on any atom is 0.337 e. The summed E-state index contributed by atoms with van der Waals surface area (Å²) in [5.41, 5.74) is -3.68. The van der Waals surface area contributed by atoms with Crippen molar-refractivity contribution in [2.24, 2.45) is 0 Å². The van der Waals surface area contributed by atoms with Crippen molar-refractivity contribution in [2.45, 2.75) is 0 Å². The fraction of sp³-hybridized carbons (Fsp3) is 0. The highest BCUT2D eigenvalue weighted by Gasteiger charge is 2.35. The summed E-state index contributed by atoms with van der Waals surface area (Å²) < 4.78 is 0. The van der Waals surface area contributed by atoms with Gasteiger partial charge in [0.05, 0.1) is 22.3 Å². The van der Waals surface area contributed by atoms with Crippen molar-refractivity contribution in [3.05, 3.63) is 82.9 Å². The van der Waals surface area contributed by atoms with Gasteiger partial charge in [-0.1, -0.05) is 48.5 Å². The van der Waals surface area contributed by atoms with Gasteiger partial charge in [-0.3, -0.25) is 0 Å². The van der Waals surface area contributed by atoms with Crippen molar-refractivity contribution in [3.8, 4) is 0 Å². The molecule has 0 saturated carbocycles. The lowest BCUT2D eigenvalue weighted by molar-refractivity contribution is 0.0622. The van der Waals surface area contributed by atoms with Gasteiger partial charge in [-0.2, -0.15) is 0 Å². The second kappa shape index (κ2) is 7.28. The molecule has 8 heteroatoms. The number of hydrogen-bond acceptors (Lipinski definition) is 4. The van der Waals surface area contributed by atoms with Crippen LogP contribution in [0.4, 0.5) is 0 Å². The molecular formula is C26H14O8. The Morgan fingerprint density at radius 2 is 0.824 bits per heavy atom. The first-order chi connectivity index (χ1) is 16.2. The zero-order valence-corrected chi connectivity index (χ0v) is 17.2. The van der Waals surface area contributed by atoms with E-state index in [1.807, 2.05) is 18.2 Å². The number of aromatic carboxylic acids is 4. The summed E-state index contributed by atoms with van der Waals surface area (Å²) in [5.74, 6) is -7.04. The maximum atomic E-state index is 12.4. The molecule has 0 heterocycles. The van der Waals surface area contributed by atoms with Crippen LogP contribution in [0.25, 0.3) is 43.1 Å². The lowest BCUT2D eigenvalue weighted by Gasteiger charge is -2.19. The van der Waals surface area contributed by atoms with Gasteiger partial charge in [0.25, 0.3) is 0 Å². The molecule has 34 heavy (non-hydrogen) atoms. The first kappa shape index (κ1) is 20.9. The van der Waals surface area contributed by atoms with E-state index in [0.29, 0.717) is 21.5 Å². The second-order valence-corrected chi connectivity index (χ2v) is 7.76. The van der Waals surface area contributed by atoms with E-state index in [1.54, 1.807) is 42.5 Å². The molecule has 0 spiro atoms. The van der Waals surface area contributed by atoms with Gasteiger partial charge in [0, 0.05) is 10.8 Å². The van der Waals surface area contributed by atoms with E-state index < -0.39 is 46.1 Å². The number of hydrogen-bond donors (Lipinski definition) is 4. The fourth-order valence-electron chi connectivity index (χ4n) is 4.75. The van der Waals surface area contributed by atoms with E-state index in [1.165, 1.54) is 0 Å². The number of benzene rings is 5. The number of carboxylic acids is 4. The Kier molecular flexibility index (Phi) is 4.47. The Hall–Kier alpha value is -4.98. The van der Waals surface area contributed by atoms with Crippen molar-refractivity contribution in [3.63, 3.8) is 0 Å². The van der Waals surface area contributed by atoms with Crippen LogP contribution in [-0.4, -0.2) is 44.3 Å². The Bertz CT molecular complexity index is 1760. The average molecular weight is 454 g/mol. The second-order valence-electron chi connectivity index (χ2n) is 7.76. The van der Waals surface area contributed by atoms with Gasteiger partial charge in [-0.05, 0) is 44.5 Å². The molecule has 0 aliphatic heterocycles. The van der Waals surface area contributed by atoms with Crippen molar-refractivity contribution < 1.29 is 39.6 Å². The highest BCUT2D eigenvalue weighted by atomic mass is 16.4. The summed E-state index contributed by atoms with van der Waals surface area (Å²) in [5, 5.41) is 42.9. The molecule has 5 aromatic rings. The van der Waals surface area contributed by atoms with E-state index in [2.05, 4.69) is 0 Å². The summed E-state index contributed by atoms with van der Waals surface area (Å²) in [7, 11) is 0. The molecule has 0 saturated heterocycles. The molecule has 0 radical (unpaired) electrons. The van der Waals surface area contributed by atoms with Gasteiger partial charge in [0.2, 0.25) is 0 Å². The van der Waals surface area contributed by atoms with Gasteiger partial charge in [0.15, 0.2) is 0 Å². The smallest absolute Gasteiger partial charge is 0.337 e. The molecule has 5 rings (SSSR count). The van der Waals surface area contributed by atoms with Gasteiger partial charge in [-0.25, -0.2) is 19.2 Å². The van der Waals surface area contributed by atoms with Crippen LogP contribution < -0.4 is 0 Å². The predicted molar refractivity (Wildman–Crippen MR) is 124 cm³/mol. The fourth-order valence-corrected chi connectivity index (χ4v) is 4.75. The number of rotatable bonds is 4. The van der Waals surface area contributed by atoms with Gasteiger partial charge < -0.3 is 20.4 Å². The molecule has 0 bridgehead atoms. The first-order valence-corrected chi connectivity index (χ1v) is 10.0. The van der Waals surface area contributed by atoms with Crippen LogP contribution in [0.1, 0.15) is 41.4 Å². The average Bonchev–Trinajstić information content (AvgIpc) is 2.80. The lowest BCUT2D eigenvalue weighted by atomic mass is 9.83. The third-order valence-electron chi connectivity index (χ3n) is 6.00. The Morgan fingerprint density at radius 3 is 1.29 bits per heavy atom. The summed E-state index contributed by atoms with van der Waals surface area (Å²) in [6.45, 7) is 0. The molecular weight excluding hydrogens is 440 g/mol. The Labute approximate surface area is 189 Å². The van der Waals surface area contributed by atoms with Crippen LogP contribution in [-0.2, 0) is 0 Å². The van der Waals surface area contributed by atoms with Crippen molar-refractivity contribution in [1.82, 2.24) is 0 Å². The predicted octanol–water partition coefficient (Wildman–Crippen LogP) is 5.09. The third-order valence-corrected chi connectivity index (χ3v) is 6.00. The molecule has 0 aromatic heterocycles. The van der Waals surface area contributed by atoms with Crippen LogP contribution in [0.2, 0.25) is 0 Å². The molecule has 166 valence electrons. The van der Waals surface area contributed by atoms with Crippen LogP contribution in [0.5, 0.6) is 0 Å². The minimum absolute atomic E-state index is 0.133. The summed E-state index contributed by atoms with van der Waals surface area (Å²) in [6, 6.07) is 17.4. The normalized spacial score (nSPS) is 11.3. The van der Waals surface area contributed by atoms with Crippen molar-refractivity contribution in [1.29, 1.82) is 0 Å². The van der Waals surface area contributed by atoms with Gasteiger partial charge >= 0.3 is 23.9 Å². The van der Waals surface area contributed by atoms with E-state index in [9.17, 15) is 39.6 Å². The van der Waals surface area contributed by atoms with E-state index >= 15 is 0 Å². The monoisotopic (exact) mass is 454 g/mol. The highest BCUT2D eigenvalue weighted by molar-refractivity contribution is 6.36. The SMILES string of the molecule is O=C(O)c1c(C(=O)O)c(C(=O)O)c2c3cc4ccccc4cc3c3ccccc3c2c1C(=O)O. The van der Waals surface area contributed by atoms with Crippen molar-refractivity contribution >= 4 is 67.0 Å². The molecule has 4 N–H and O–H groups in total. The van der Waals surface area contributed by atoms with E-state index in [-0.39, 0.29) is 10.8 Å². The minimum atomic E-state index is -1.85. The topological polar surface area (TPSA) is 149 Å². The van der Waals surface area contributed by atoms with Gasteiger partial charge in [-0.15, -0.1) is 0 Å². The maximum absolute atomic E-state index is 12.4. The molecule has 0 atom stereocenters. The minimum Gasteiger partial charge on any atom is -0.478 e. The molecule has 0 unspecified atom stereocenters. The van der Waals surface area contributed by atoms with Crippen LogP contribution in [0.3, 0.4) is 0 Å². The largest absolute Gasteiger partial charge is 0.478 e. The highest BCUT2D eigenvalue weighted by Crippen LogP contribution is 2.43. The van der Waals surface area contributed by atoms with E-state index in [4.69, 9.17) is 0 Å². The summed E-state index contributed by atoms with van der Waals surface area (Å²) >= 11 is 0. The summed E-state index contributed by atoms with van der Waals surface area (Å²) in [4.78, 5) is 49.1. The van der Waals surface area contributed by atoms with E-state index in [0.717, 1.165) is 10.8 Å². The molecule has 8 nitrogen and oxygen atoms in total. The van der Waals surface area contributed by atoms with Crippen LogP contribution >= 0.6 is 0 Å². The Balaban J connectivity index is 2.29. The number of fused-ring (bicyclic) bond motifs is 7. The molecule has 0 amide bonds. The zero-order valence-electron chi connectivity index (χ0n) is 17.2. The standard InChI is InChI=1S/C26H14O8/c27-23(28)19-17-14-8-4-3-7-13(14)15-9-11-5-1-2-6-12(11)10-16(15)18(17)20(24(29)30)22(26(33)34)21(19)25(31)32/h1-10H,(H,27,28)(H,29,30)(H,31,32)(H,33,34). The number of carbonyl (C=O) groups is 4. The zero-order chi connectivity index (χ0) is 24.3. The van der Waals surface area contributed by atoms with Crippen molar-refractivity contribution in [2.75, 3.05) is 0 Å². The molecule has 5 aromatic carbocycles. The molecule has 0 fully saturated rings. The molecule has 0 aliphatic carbocycles. The van der Waals surface area contributed by atoms with Gasteiger partial charge in [0.1, 0.15) is 0 Å². The number of carboxylic acid groups (broad SMARTS) is 4. The quantitative estimate of drug-likeness (QED) is 0.217. The Morgan fingerprint density at radius 1 is 0.441 bits per heavy atom. The first-order valence-electron chi connectivity index (χ1n) is 10.0. The summed E-state index contributed by atoms with van der Waals surface area (Å²) in [6.07, 6.45) is 0. The van der Waals surface area contributed by atoms with Crippen LogP contribution in [0, 0.1) is 0 Å². The van der Waals surface area contributed by atoms with Crippen LogP contribution in [0.15, 0.2) is 60.7 Å².